The maximum Gasteiger partial charge on any atom is 0.255 e. The summed E-state index contributed by atoms with van der Waals surface area (Å²) in [6.07, 6.45) is 3.09. The molecule has 0 aliphatic heterocycles. The molecule has 0 fully saturated rings. The molecule has 0 unspecified atom stereocenters. The van der Waals surface area contributed by atoms with E-state index in [1.165, 1.54) is 25.1 Å². The van der Waals surface area contributed by atoms with Crippen LogP contribution < -0.4 is 24.8 Å². The molecular weight excluding hydrogens is 412 g/mol. The first-order valence-electron chi connectivity index (χ1n) is 9.82. The number of carbonyl (C=O) groups excluding carboxylic acids is 2. The van der Waals surface area contributed by atoms with Gasteiger partial charge < -0.3 is 24.8 Å². The van der Waals surface area contributed by atoms with Gasteiger partial charge >= 0.3 is 0 Å². The topological polar surface area (TPSA) is 104 Å². The van der Waals surface area contributed by atoms with Crippen molar-refractivity contribution in [3.05, 3.63) is 60.4 Å². The van der Waals surface area contributed by atoms with Crippen molar-refractivity contribution in [1.82, 2.24) is 9.78 Å². The van der Waals surface area contributed by atoms with E-state index >= 15 is 0 Å². The number of amides is 2. The number of rotatable bonds is 8. The van der Waals surface area contributed by atoms with Gasteiger partial charge in [0.25, 0.3) is 11.8 Å². The van der Waals surface area contributed by atoms with Gasteiger partial charge in [-0.15, -0.1) is 0 Å². The fourth-order valence-electron chi connectivity index (χ4n) is 2.94. The van der Waals surface area contributed by atoms with Crippen LogP contribution in [0.15, 0.2) is 54.9 Å². The lowest BCUT2D eigenvalue weighted by Crippen LogP contribution is -2.40. The molecule has 9 heteroatoms. The molecule has 2 amide bonds. The molecule has 1 heterocycles. The Morgan fingerprint density at radius 3 is 2.19 bits per heavy atom. The van der Waals surface area contributed by atoms with Crippen molar-refractivity contribution in [2.75, 3.05) is 32.0 Å². The molecule has 0 spiro atoms. The summed E-state index contributed by atoms with van der Waals surface area (Å²) in [5.74, 6) is 1.08. The van der Waals surface area contributed by atoms with E-state index in [2.05, 4.69) is 15.7 Å². The van der Waals surface area contributed by atoms with E-state index in [4.69, 9.17) is 14.2 Å². The van der Waals surface area contributed by atoms with Crippen LogP contribution in [0.2, 0.25) is 0 Å². The van der Waals surface area contributed by atoms with Crippen LogP contribution in [0.25, 0.3) is 0 Å². The van der Waals surface area contributed by atoms with E-state index in [0.717, 1.165) is 0 Å². The summed E-state index contributed by atoms with van der Waals surface area (Å²) < 4.78 is 17.1. The van der Waals surface area contributed by atoms with Gasteiger partial charge in [-0.3, -0.25) is 14.3 Å². The molecule has 0 bridgehead atoms. The largest absolute Gasteiger partial charge is 0.497 e. The summed E-state index contributed by atoms with van der Waals surface area (Å²) in [7, 11) is 4.61. The normalized spacial score (nSPS) is 10.9. The quantitative estimate of drug-likeness (QED) is 0.558. The predicted molar refractivity (Wildman–Crippen MR) is 121 cm³/mol. The number of carbonyl (C=O) groups is 2. The number of ether oxygens (including phenoxy) is 3. The summed E-state index contributed by atoms with van der Waals surface area (Å²) in [4.78, 5) is 25.5. The Kier molecular flexibility index (Phi) is 6.67. The number of aromatic nitrogens is 2. The van der Waals surface area contributed by atoms with Crippen molar-refractivity contribution in [3.8, 4) is 17.2 Å². The molecule has 0 radical (unpaired) electrons. The first-order valence-corrected chi connectivity index (χ1v) is 9.82. The first-order chi connectivity index (χ1) is 15.3. The fraction of sp³-hybridized carbons (Fsp3) is 0.261. The highest BCUT2D eigenvalue weighted by molar-refractivity contribution is 6.04. The molecule has 1 aromatic heterocycles. The number of methoxy groups -OCH3 is 3. The monoisotopic (exact) mass is 438 g/mol. The zero-order valence-electron chi connectivity index (χ0n) is 18.6. The predicted octanol–water partition coefficient (Wildman–Crippen LogP) is 3.54. The standard InChI is InChI=1S/C23H26N4O5/c1-23(2,22(29)26-16-7-9-18(30-3)10-8-16)27-14-17(13-24-27)25-21(28)15-6-11-19(31-4)20(12-15)32-5/h6-14H,1-5H3,(H,25,28)(H,26,29). The third-order valence-corrected chi connectivity index (χ3v) is 4.96. The summed E-state index contributed by atoms with van der Waals surface area (Å²) in [6.45, 7) is 3.47. The van der Waals surface area contributed by atoms with Crippen LogP contribution in [0.1, 0.15) is 24.2 Å². The minimum atomic E-state index is -1.01. The van der Waals surface area contributed by atoms with Crippen LogP contribution in [0.3, 0.4) is 0 Å². The van der Waals surface area contributed by atoms with Crippen molar-refractivity contribution in [1.29, 1.82) is 0 Å². The Hall–Kier alpha value is -4.01. The molecule has 3 aromatic rings. The van der Waals surface area contributed by atoms with E-state index in [-0.39, 0.29) is 11.8 Å². The molecule has 0 saturated carbocycles. The second-order valence-corrected chi connectivity index (χ2v) is 7.44. The minimum absolute atomic E-state index is 0.261. The molecule has 3 rings (SSSR count). The van der Waals surface area contributed by atoms with Crippen LogP contribution >= 0.6 is 0 Å². The van der Waals surface area contributed by atoms with Gasteiger partial charge in [0, 0.05) is 17.4 Å². The Morgan fingerprint density at radius 1 is 0.875 bits per heavy atom. The van der Waals surface area contributed by atoms with Crippen molar-refractivity contribution < 1.29 is 23.8 Å². The van der Waals surface area contributed by atoms with Crippen LogP contribution in [0, 0.1) is 0 Å². The molecule has 0 atom stereocenters. The van der Waals surface area contributed by atoms with Gasteiger partial charge in [-0.05, 0) is 56.3 Å². The van der Waals surface area contributed by atoms with Crippen LogP contribution in [0.5, 0.6) is 17.2 Å². The first kappa shape index (κ1) is 22.7. The maximum atomic E-state index is 12.9. The molecule has 9 nitrogen and oxygen atoms in total. The van der Waals surface area contributed by atoms with Crippen molar-refractivity contribution in [3.63, 3.8) is 0 Å². The zero-order valence-corrected chi connectivity index (χ0v) is 18.6. The molecule has 0 aliphatic carbocycles. The molecule has 2 aromatic carbocycles. The molecule has 32 heavy (non-hydrogen) atoms. The number of nitrogens with zero attached hydrogens (tertiary/aromatic N) is 2. The number of hydrogen-bond donors (Lipinski definition) is 2. The highest BCUT2D eigenvalue weighted by Gasteiger charge is 2.31. The van der Waals surface area contributed by atoms with Crippen LogP contribution in [0.4, 0.5) is 11.4 Å². The van der Waals surface area contributed by atoms with Gasteiger partial charge in [-0.1, -0.05) is 0 Å². The smallest absolute Gasteiger partial charge is 0.255 e. The molecule has 2 N–H and O–H groups in total. The SMILES string of the molecule is COc1ccc(NC(=O)C(C)(C)n2cc(NC(=O)c3ccc(OC)c(OC)c3)cn2)cc1. The van der Waals surface area contributed by atoms with E-state index in [1.54, 1.807) is 69.6 Å². The van der Waals surface area contributed by atoms with Crippen LogP contribution in [-0.4, -0.2) is 42.9 Å². The Morgan fingerprint density at radius 2 is 1.56 bits per heavy atom. The lowest BCUT2D eigenvalue weighted by molar-refractivity contribution is -0.123. The highest BCUT2D eigenvalue weighted by atomic mass is 16.5. The van der Waals surface area contributed by atoms with Crippen molar-refractivity contribution in [2.45, 2.75) is 19.4 Å². The molecule has 0 aliphatic rings. The fourth-order valence-corrected chi connectivity index (χ4v) is 2.94. The van der Waals surface area contributed by atoms with E-state index in [0.29, 0.717) is 34.2 Å². The zero-order chi connectivity index (χ0) is 23.3. The average molecular weight is 438 g/mol. The Labute approximate surface area is 186 Å². The van der Waals surface area contributed by atoms with Gasteiger partial charge in [0.05, 0.1) is 33.2 Å². The van der Waals surface area contributed by atoms with Gasteiger partial charge in [0.15, 0.2) is 11.5 Å². The lowest BCUT2D eigenvalue weighted by atomic mass is 10.0. The highest BCUT2D eigenvalue weighted by Crippen LogP contribution is 2.28. The van der Waals surface area contributed by atoms with Gasteiger partial charge in [-0.25, -0.2) is 0 Å². The van der Waals surface area contributed by atoms with E-state index in [9.17, 15) is 9.59 Å². The summed E-state index contributed by atoms with van der Waals surface area (Å²) >= 11 is 0. The number of anilines is 2. The molecule has 0 saturated heterocycles. The second kappa shape index (κ2) is 9.42. The number of nitrogens with one attached hydrogen (secondary N) is 2. The molecular formula is C23H26N4O5. The Balaban J connectivity index is 1.70. The average Bonchev–Trinajstić information content (AvgIpc) is 3.28. The van der Waals surface area contributed by atoms with Gasteiger partial charge in [-0.2, -0.15) is 5.10 Å². The lowest BCUT2D eigenvalue weighted by Gasteiger charge is -2.24. The van der Waals surface area contributed by atoms with Gasteiger partial charge in [0.2, 0.25) is 0 Å². The second-order valence-electron chi connectivity index (χ2n) is 7.44. The number of hydrogen-bond acceptors (Lipinski definition) is 6. The van der Waals surface area contributed by atoms with E-state index in [1.807, 2.05) is 0 Å². The van der Waals surface area contributed by atoms with E-state index < -0.39 is 5.54 Å². The third-order valence-electron chi connectivity index (χ3n) is 4.96. The van der Waals surface area contributed by atoms with Crippen molar-refractivity contribution >= 4 is 23.2 Å². The molecule has 168 valence electrons. The maximum absolute atomic E-state index is 12.9. The van der Waals surface area contributed by atoms with Crippen LogP contribution in [-0.2, 0) is 10.3 Å². The van der Waals surface area contributed by atoms with Gasteiger partial charge in [0.1, 0.15) is 11.3 Å². The Bertz CT molecular complexity index is 1110. The minimum Gasteiger partial charge on any atom is -0.497 e. The van der Waals surface area contributed by atoms with Crippen molar-refractivity contribution in [2.24, 2.45) is 0 Å². The third kappa shape index (κ3) is 4.83. The summed E-state index contributed by atoms with van der Waals surface area (Å²) in [5.41, 5.74) is 0.478. The summed E-state index contributed by atoms with van der Waals surface area (Å²) in [5, 5.41) is 9.90. The summed E-state index contributed by atoms with van der Waals surface area (Å²) in [6, 6.07) is 11.9. The number of benzene rings is 2.